The number of rotatable bonds is 6. The Labute approximate surface area is 125 Å². The Bertz CT molecular complexity index is 453. The highest BCUT2D eigenvalue weighted by atomic mass is 16.3. The van der Waals surface area contributed by atoms with E-state index in [1.54, 1.807) is 4.90 Å². The van der Waals surface area contributed by atoms with Crippen LogP contribution in [0.1, 0.15) is 11.5 Å². The summed E-state index contributed by atoms with van der Waals surface area (Å²) in [5, 5.41) is 8.92. The maximum atomic E-state index is 12.2. The van der Waals surface area contributed by atoms with Crippen molar-refractivity contribution in [1.29, 1.82) is 0 Å². The molecule has 1 amide bonds. The van der Waals surface area contributed by atoms with Crippen LogP contribution in [0.3, 0.4) is 0 Å². The van der Waals surface area contributed by atoms with Gasteiger partial charge in [0.2, 0.25) is 5.91 Å². The fourth-order valence-corrected chi connectivity index (χ4v) is 2.52. The molecule has 1 N–H and O–H groups in total. The molecule has 0 aliphatic carbocycles. The first-order chi connectivity index (χ1) is 10.1. The number of carbonyl (C=O) groups is 1. The minimum Gasteiger partial charge on any atom is -0.464 e. The lowest BCUT2D eigenvalue weighted by Gasteiger charge is -2.34. The van der Waals surface area contributed by atoms with Crippen LogP contribution in [0.15, 0.2) is 16.5 Å². The van der Waals surface area contributed by atoms with Gasteiger partial charge in [-0.25, -0.2) is 0 Å². The molecule has 21 heavy (non-hydrogen) atoms. The third-order valence-corrected chi connectivity index (χ3v) is 3.85. The number of likely N-dealkylation sites (N-methyl/N-ethyl adjacent to an activating group) is 1. The Morgan fingerprint density at radius 2 is 1.95 bits per heavy atom. The van der Waals surface area contributed by atoms with E-state index in [1.807, 2.05) is 26.1 Å². The molecule has 0 unspecified atom stereocenters. The van der Waals surface area contributed by atoms with Crippen LogP contribution in [0.4, 0.5) is 0 Å². The maximum Gasteiger partial charge on any atom is 0.236 e. The van der Waals surface area contributed by atoms with Crippen LogP contribution in [0.25, 0.3) is 0 Å². The quantitative estimate of drug-likeness (QED) is 0.810. The molecule has 1 aliphatic rings. The Hall–Kier alpha value is -1.37. The molecule has 1 aromatic rings. The van der Waals surface area contributed by atoms with Gasteiger partial charge >= 0.3 is 0 Å². The highest BCUT2D eigenvalue weighted by molar-refractivity contribution is 5.77. The van der Waals surface area contributed by atoms with E-state index < -0.39 is 0 Å². The van der Waals surface area contributed by atoms with Crippen molar-refractivity contribution in [3.05, 3.63) is 23.7 Å². The van der Waals surface area contributed by atoms with Gasteiger partial charge in [-0.3, -0.25) is 14.6 Å². The Morgan fingerprint density at radius 3 is 2.52 bits per heavy atom. The molecule has 6 heteroatoms. The first-order valence-corrected chi connectivity index (χ1v) is 7.43. The highest BCUT2D eigenvalue weighted by Gasteiger charge is 2.20. The largest absolute Gasteiger partial charge is 0.464 e. The van der Waals surface area contributed by atoms with Crippen molar-refractivity contribution in [3.63, 3.8) is 0 Å². The van der Waals surface area contributed by atoms with Crippen LogP contribution in [0, 0.1) is 6.92 Å². The first kappa shape index (κ1) is 16.0. The van der Waals surface area contributed by atoms with Gasteiger partial charge in [-0.05, 0) is 19.1 Å². The number of aliphatic hydroxyl groups excluding tert-OH is 1. The van der Waals surface area contributed by atoms with Crippen LogP contribution in [0.2, 0.25) is 0 Å². The maximum absolute atomic E-state index is 12.2. The fourth-order valence-electron chi connectivity index (χ4n) is 2.52. The Morgan fingerprint density at radius 1 is 1.29 bits per heavy atom. The summed E-state index contributed by atoms with van der Waals surface area (Å²) in [5.74, 6) is 1.79. The van der Waals surface area contributed by atoms with E-state index in [1.165, 1.54) is 0 Å². The lowest BCUT2D eigenvalue weighted by Crippen LogP contribution is -2.50. The van der Waals surface area contributed by atoms with Crippen molar-refractivity contribution in [2.24, 2.45) is 0 Å². The molecule has 0 spiro atoms. The van der Waals surface area contributed by atoms with Crippen molar-refractivity contribution in [2.45, 2.75) is 13.5 Å². The summed E-state index contributed by atoms with van der Waals surface area (Å²) in [5.41, 5.74) is 0. The van der Waals surface area contributed by atoms with Gasteiger partial charge in [-0.1, -0.05) is 0 Å². The van der Waals surface area contributed by atoms with E-state index >= 15 is 0 Å². The summed E-state index contributed by atoms with van der Waals surface area (Å²) in [6, 6.07) is 3.82. The number of piperazine rings is 1. The molecule has 1 aliphatic heterocycles. The summed E-state index contributed by atoms with van der Waals surface area (Å²) >= 11 is 0. The summed E-state index contributed by atoms with van der Waals surface area (Å²) in [4.78, 5) is 18.3. The number of furan rings is 1. The first-order valence-electron chi connectivity index (χ1n) is 7.43. The van der Waals surface area contributed by atoms with Crippen LogP contribution in [-0.4, -0.2) is 78.6 Å². The van der Waals surface area contributed by atoms with Crippen molar-refractivity contribution < 1.29 is 14.3 Å². The van der Waals surface area contributed by atoms with E-state index in [0.29, 0.717) is 13.1 Å². The second kappa shape index (κ2) is 7.59. The normalized spacial score (nSPS) is 17.1. The minimum atomic E-state index is 0.111. The molecular formula is C15H25N3O3. The number of nitrogens with zero attached hydrogens (tertiary/aromatic N) is 3. The number of carbonyl (C=O) groups excluding carboxylic acids is 1. The average molecular weight is 295 g/mol. The number of aliphatic hydroxyl groups is 1. The highest BCUT2D eigenvalue weighted by Crippen LogP contribution is 2.09. The molecular weight excluding hydrogens is 270 g/mol. The molecule has 2 heterocycles. The van der Waals surface area contributed by atoms with Crippen molar-refractivity contribution >= 4 is 5.91 Å². The average Bonchev–Trinajstić information content (AvgIpc) is 2.86. The summed E-state index contributed by atoms with van der Waals surface area (Å²) in [6.07, 6.45) is 0. The number of hydrogen-bond donors (Lipinski definition) is 1. The van der Waals surface area contributed by atoms with Crippen LogP contribution in [0.5, 0.6) is 0 Å². The van der Waals surface area contributed by atoms with Crippen LogP contribution in [-0.2, 0) is 11.3 Å². The van der Waals surface area contributed by atoms with Gasteiger partial charge in [0.05, 0.1) is 19.7 Å². The zero-order valence-corrected chi connectivity index (χ0v) is 12.9. The lowest BCUT2D eigenvalue weighted by atomic mass is 10.3. The molecule has 0 atom stereocenters. The minimum absolute atomic E-state index is 0.111. The third-order valence-electron chi connectivity index (χ3n) is 3.85. The molecule has 1 saturated heterocycles. The number of β-amino-alcohol motifs (C(OH)–C–C–N with tert-alkyl or cyclic N) is 1. The predicted octanol–water partition coefficient (Wildman–Crippen LogP) is 0.156. The number of hydrogen-bond acceptors (Lipinski definition) is 5. The molecule has 0 bridgehead atoms. The van der Waals surface area contributed by atoms with E-state index in [4.69, 9.17) is 9.52 Å². The lowest BCUT2D eigenvalue weighted by molar-refractivity contribution is -0.132. The molecule has 1 aromatic heterocycles. The predicted molar refractivity (Wildman–Crippen MR) is 79.9 cm³/mol. The van der Waals surface area contributed by atoms with Gasteiger partial charge < -0.3 is 14.4 Å². The van der Waals surface area contributed by atoms with E-state index in [0.717, 1.165) is 44.2 Å². The van der Waals surface area contributed by atoms with Gasteiger partial charge in [0.1, 0.15) is 11.5 Å². The second-order valence-corrected chi connectivity index (χ2v) is 5.60. The van der Waals surface area contributed by atoms with Crippen molar-refractivity contribution in [1.82, 2.24) is 14.7 Å². The Balaban J connectivity index is 1.74. The molecule has 118 valence electrons. The van der Waals surface area contributed by atoms with Gasteiger partial charge in [0.25, 0.3) is 0 Å². The molecule has 0 aromatic carbocycles. The summed E-state index contributed by atoms with van der Waals surface area (Å²) in [7, 11) is 1.81. The van der Waals surface area contributed by atoms with E-state index in [2.05, 4.69) is 9.80 Å². The standard InChI is InChI=1S/C15H25N3O3/c1-13-3-4-14(21-13)11-16(2)15(20)12-18-7-5-17(6-8-18)9-10-19/h3-4,19H,5-12H2,1-2H3. The van der Waals surface area contributed by atoms with Gasteiger partial charge in [0, 0.05) is 39.8 Å². The van der Waals surface area contributed by atoms with Crippen molar-refractivity contribution in [3.8, 4) is 0 Å². The monoisotopic (exact) mass is 295 g/mol. The number of amides is 1. The molecule has 2 rings (SSSR count). The second-order valence-electron chi connectivity index (χ2n) is 5.60. The molecule has 0 radical (unpaired) electrons. The SMILES string of the molecule is Cc1ccc(CN(C)C(=O)CN2CCN(CCO)CC2)o1. The van der Waals surface area contributed by atoms with Gasteiger partial charge in [0.15, 0.2) is 0 Å². The molecule has 0 saturated carbocycles. The molecule has 6 nitrogen and oxygen atoms in total. The third kappa shape index (κ3) is 4.84. The topological polar surface area (TPSA) is 60.2 Å². The van der Waals surface area contributed by atoms with E-state index in [9.17, 15) is 4.79 Å². The smallest absolute Gasteiger partial charge is 0.236 e. The molecule has 1 fully saturated rings. The van der Waals surface area contributed by atoms with Gasteiger partial charge in [-0.2, -0.15) is 0 Å². The zero-order chi connectivity index (χ0) is 15.2. The summed E-state index contributed by atoms with van der Waals surface area (Å²) in [6.45, 7) is 7.35. The zero-order valence-electron chi connectivity index (χ0n) is 12.9. The van der Waals surface area contributed by atoms with Crippen LogP contribution >= 0.6 is 0 Å². The Kier molecular flexibility index (Phi) is 5.78. The summed E-state index contributed by atoms with van der Waals surface area (Å²) < 4.78 is 5.50. The van der Waals surface area contributed by atoms with E-state index in [-0.39, 0.29) is 12.5 Å². The van der Waals surface area contributed by atoms with Crippen LogP contribution < -0.4 is 0 Å². The fraction of sp³-hybridized carbons (Fsp3) is 0.667. The number of aryl methyl sites for hydroxylation is 1. The van der Waals surface area contributed by atoms with Crippen molar-refractivity contribution in [2.75, 3.05) is 52.9 Å². The van der Waals surface area contributed by atoms with Gasteiger partial charge in [-0.15, -0.1) is 0 Å².